The Labute approximate surface area is 214 Å². The summed E-state index contributed by atoms with van der Waals surface area (Å²) in [5.74, 6) is 0.215. The van der Waals surface area contributed by atoms with Gasteiger partial charge in [-0.2, -0.15) is 0 Å². The number of hydrogen-bond donors (Lipinski definition) is 1. The molecule has 1 N–H and O–H groups in total. The highest BCUT2D eigenvalue weighted by atomic mass is 35.5. The lowest BCUT2D eigenvalue weighted by Crippen LogP contribution is -2.39. The molecule has 0 spiro atoms. The van der Waals surface area contributed by atoms with Gasteiger partial charge in [0.2, 0.25) is 0 Å². The largest absolute Gasteiger partial charge is 0.349 e. The number of aryl methyl sites for hydroxylation is 1. The highest BCUT2D eigenvalue weighted by molar-refractivity contribution is 6.30. The minimum Gasteiger partial charge on any atom is -0.349 e. The molecule has 1 aliphatic rings. The number of imidazole rings is 1. The lowest BCUT2D eigenvalue weighted by molar-refractivity contribution is 0.0919. The average molecular weight is 502 g/mol. The van der Waals surface area contributed by atoms with E-state index in [4.69, 9.17) is 11.6 Å². The Kier molecular flexibility index (Phi) is 6.74. The quantitative estimate of drug-likeness (QED) is 0.395. The van der Waals surface area contributed by atoms with Crippen LogP contribution in [-0.4, -0.2) is 31.1 Å². The number of halogens is 1. The van der Waals surface area contributed by atoms with Gasteiger partial charge in [-0.15, -0.1) is 0 Å². The first-order valence-corrected chi connectivity index (χ1v) is 12.5. The zero-order valence-corrected chi connectivity index (χ0v) is 20.9. The number of aromatic nitrogens is 4. The van der Waals surface area contributed by atoms with Crippen LogP contribution in [0.25, 0.3) is 22.8 Å². The van der Waals surface area contributed by atoms with Gasteiger partial charge in [-0.3, -0.25) is 23.9 Å². The SMILES string of the molecule is C=Cc1ccc(-n2c(=O)n(CC3CCC(NC(=O)c4cc(Cl)cnc4C)CC3)c3ccccc32)cn1. The van der Waals surface area contributed by atoms with E-state index >= 15 is 0 Å². The topological polar surface area (TPSA) is 81.8 Å². The molecule has 0 unspecified atom stereocenters. The Bertz CT molecular complexity index is 1480. The van der Waals surface area contributed by atoms with Crippen LogP contribution >= 0.6 is 11.6 Å². The molecule has 184 valence electrons. The Morgan fingerprint density at radius 2 is 1.86 bits per heavy atom. The number of nitrogens with one attached hydrogen (secondary N) is 1. The summed E-state index contributed by atoms with van der Waals surface area (Å²) in [5.41, 5.74) is 4.38. The predicted molar refractivity (Wildman–Crippen MR) is 143 cm³/mol. The Morgan fingerprint density at radius 1 is 1.11 bits per heavy atom. The van der Waals surface area contributed by atoms with Crippen LogP contribution < -0.4 is 11.0 Å². The van der Waals surface area contributed by atoms with E-state index in [0.29, 0.717) is 28.7 Å². The number of rotatable bonds is 6. The molecule has 3 heterocycles. The Balaban J connectivity index is 1.31. The molecule has 0 aliphatic heterocycles. The van der Waals surface area contributed by atoms with Crippen molar-refractivity contribution in [2.45, 2.75) is 45.2 Å². The van der Waals surface area contributed by atoms with Crippen LogP contribution in [0.2, 0.25) is 5.02 Å². The molecule has 5 rings (SSSR count). The molecular formula is C28H28ClN5O2. The number of amides is 1. The first-order valence-electron chi connectivity index (χ1n) is 12.2. The van der Waals surface area contributed by atoms with Gasteiger partial charge in [-0.05, 0) is 74.9 Å². The summed E-state index contributed by atoms with van der Waals surface area (Å²) in [6, 6.07) is 13.4. The third-order valence-corrected chi connectivity index (χ3v) is 7.20. The van der Waals surface area contributed by atoms with Gasteiger partial charge >= 0.3 is 5.69 Å². The summed E-state index contributed by atoms with van der Waals surface area (Å²) in [4.78, 5) is 34.9. The van der Waals surface area contributed by atoms with Crippen molar-refractivity contribution < 1.29 is 4.79 Å². The van der Waals surface area contributed by atoms with Crippen LogP contribution in [0.3, 0.4) is 0 Å². The molecule has 4 aromatic rings. The first-order chi connectivity index (χ1) is 17.4. The number of nitrogens with zero attached hydrogens (tertiary/aromatic N) is 4. The lowest BCUT2D eigenvalue weighted by Gasteiger charge is -2.29. The monoisotopic (exact) mass is 501 g/mol. The Hall–Kier alpha value is -3.71. The fraction of sp³-hybridized carbons (Fsp3) is 0.286. The second kappa shape index (κ2) is 10.1. The van der Waals surface area contributed by atoms with E-state index in [9.17, 15) is 9.59 Å². The molecule has 1 amide bonds. The van der Waals surface area contributed by atoms with Gasteiger partial charge in [0, 0.05) is 18.8 Å². The molecule has 7 nitrogen and oxygen atoms in total. The molecule has 1 saturated carbocycles. The van der Waals surface area contributed by atoms with Gasteiger partial charge < -0.3 is 5.32 Å². The number of fused-ring (bicyclic) bond motifs is 1. The molecule has 3 aromatic heterocycles. The van der Waals surface area contributed by atoms with Crippen LogP contribution in [0.5, 0.6) is 0 Å². The zero-order valence-electron chi connectivity index (χ0n) is 20.2. The molecule has 8 heteroatoms. The van der Waals surface area contributed by atoms with Gasteiger partial charge in [0.25, 0.3) is 5.91 Å². The minimum absolute atomic E-state index is 0.0660. The summed E-state index contributed by atoms with van der Waals surface area (Å²) in [7, 11) is 0. The van der Waals surface area contributed by atoms with Crippen molar-refractivity contribution >= 4 is 34.6 Å². The van der Waals surface area contributed by atoms with E-state index in [0.717, 1.165) is 48.1 Å². The van der Waals surface area contributed by atoms with Crippen molar-refractivity contribution in [1.29, 1.82) is 0 Å². The molecule has 1 aliphatic carbocycles. The normalized spacial score (nSPS) is 17.7. The standard InChI is InChI=1S/C28H28ClN5O2/c1-3-21-12-13-23(16-31-21)34-26-7-5-4-6-25(26)33(28(34)36)17-19-8-10-22(11-9-19)32-27(35)24-14-20(29)15-30-18(24)2/h3-7,12-16,19,22H,1,8-11,17H2,2H3,(H,32,35). The molecule has 0 bridgehead atoms. The van der Waals surface area contributed by atoms with Gasteiger partial charge in [0.1, 0.15) is 0 Å². The molecule has 0 radical (unpaired) electrons. The van der Waals surface area contributed by atoms with Crippen LogP contribution in [0.1, 0.15) is 47.4 Å². The van der Waals surface area contributed by atoms with Crippen molar-refractivity contribution in [2.75, 3.05) is 0 Å². The number of pyridine rings is 2. The fourth-order valence-electron chi connectivity index (χ4n) is 5.03. The van der Waals surface area contributed by atoms with Crippen LogP contribution in [0.15, 0.2) is 66.2 Å². The predicted octanol–water partition coefficient (Wildman–Crippen LogP) is 5.18. The molecule has 1 aromatic carbocycles. The van der Waals surface area contributed by atoms with E-state index in [1.807, 2.05) is 41.0 Å². The number of carbonyl (C=O) groups is 1. The van der Waals surface area contributed by atoms with Gasteiger partial charge in [-0.25, -0.2) is 4.79 Å². The van der Waals surface area contributed by atoms with E-state index < -0.39 is 0 Å². The summed E-state index contributed by atoms with van der Waals surface area (Å²) in [6.45, 7) is 6.19. The van der Waals surface area contributed by atoms with E-state index in [1.165, 1.54) is 0 Å². The van der Waals surface area contributed by atoms with Crippen molar-refractivity contribution in [3.05, 3.63) is 93.9 Å². The summed E-state index contributed by atoms with van der Waals surface area (Å²) in [6.07, 6.45) is 8.53. The maximum atomic E-state index is 13.5. The van der Waals surface area contributed by atoms with Crippen molar-refractivity contribution in [3.63, 3.8) is 0 Å². The lowest BCUT2D eigenvalue weighted by atomic mass is 9.85. The van der Waals surface area contributed by atoms with E-state index in [1.54, 1.807) is 36.0 Å². The number of carbonyl (C=O) groups excluding carboxylic acids is 1. The third kappa shape index (κ3) is 4.71. The van der Waals surface area contributed by atoms with Crippen LogP contribution in [-0.2, 0) is 6.54 Å². The second-order valence-electron chi connectivity index (χ2n) is 9.34. The second-order valence-corrected chi connectivity index (χ2v) is 9.78. The maximum Gasteiger partial charge on any atom is 0.333 e. The summed E-state index contributed by atoms with van der Waals surface area (Å²) >= 11 is 6.03. The molecule has 0 saturated heterocycles. The molecular weight excluding hydrogens is 474 g/mol. The smallest absolute Gasteiger partial charge is 0.333 e. The molecule has 0 atom stereocenters. The highest BCUT2D eigenvalue weighted by Crippen LogP contribution is 2.28. The fourth-order valence-corrected chi connectivity index (χ4v) is 5.19. The average Bonchev–Trinajstić information content (AvgIpc) is 3.17. The van der Waals surface area contributed by atoms with Gasteiger partial charge in [0.05, 0.1) is 44.9 Å². The van der Waals surface area contributed by atoms with Crippen molar-refractivity contribution in [3.8, 4) is 5.69 Å². The highest BCUT2D eigenvalue weighted by Gasteiger charge is 2.25. The third-order valence-electron chi connectivity index (χ3n) is 6.99. The van der Waals surface area contributed by atoms with Crippen molar-refractivity contribution in [1.82, 2.24) is 24.4 Å². The number of para-hydroxylation sites is 2. The molecule has 1 fully saturated rings. The van der Waals surface area contributed by atoms with Gasteiger partial charge in [0.15, 0.2) is 0 Å². The Morgan fingerprint density at radius 3 is 2.56 bits per heavy atom. The van der Waals surface area contributed by atoms with Crippen LogP contribution in [0, 0.1) is 12.8 Å². The summed E-state index contributed by atoms with van der Waals surface area (Å²) < 4.78 is 3.60. The zero-order chi connectivity index (χ0) is 25.2. The van der Waals surface area contributed by atoms with Crippen molar-refractivity contribution in [2.24, 2.45) is 5.92 Å². The van der Waals surface area contributed by atoms with E-state index in [2.05, 4.69) is 21.9 Å². The maximum absolute atomic E-state index is 13.5. The number of benzene rings is 1. The van der Waals surface area contributed by atoms with Crippen LogP contribution in [0.4, 0.5) is 0 Å². The molecule has 36 heavy (non-hydrogen) atoms. The first kappa shape index (κ1) is 24.0. The van der Waals surface area contributed by atoms with E-state index in [-0.39, 0.29) is 17.6 Å². The van der Waals surface area contributed by atoms with Gasteiger partial charge in [-0.1, -0.05) is 30.3 Å². The summed E-state index contributed by atoms with van der Waals surface area (Å²) in [5, 5.41) is 3.59. The number of hydrogen-bond acceptors (Lipinski definition) is 4. The minimum atomic E-state index is -0.138.